The molecule has 1 aromatic rings. The van der Waals surface area contributed by atoms with Crippen LogP contribution in [0.2, 0.25) is 0 Å². The normalized spacial score (nSPS) is 31.7. The summed E-state index contributed by atoms with van der Waals surface area (Å²) >= 11 is 0. The van der Waals surface area contributed by atoms with Gasteiger partial charge < -0.3 is 15.1 Å². The SMILES string of the molecule is CC(C)N1CCN([C@H]2CCCC(F)(F)[C@@H]2NC(=O)N2CC3CN(c4cccc(F)c4)CC3C2)CC1. The average molecular weight is 494 g/mol. The summed E-state index contributed by atoms with van der Waals surface area (Å²) in [5.74, 6) is -2.61. The number of anilines is 1. The van der Waals surface area contributed by atoms with Crippen LogP contribution in [0.4, 0.5) is 23.7 Å². The number of hydrogen-bond donors (Lipinski definition) is 1. The largest absolute Gasteiger partial charge is 0.371 e. The summed E-state index contributed by atoms with van der Waals surface area (Å²) in [4.78, 5) is 21.6. The second-order valence-corrected chi connectivity index (χ2v) is 11.1. The molecule has 1 saturated carbocycles. The van der Waals surface area contributed by atoms with Gasteiger partial charge in [-0.05, 0) is 44.9 Å². The molecule has 0 radical (unpaired) electrons. The summed E-state index contributed by atoms with van der Waals surface area (Å²) in [6.45, 7) is 10.2. The number of nitrogens with zero attached hydrogens (tertiary/aromatic N) is 4. The minimum atomic E-state index is -2.91. The Balaban J connectivity index is 1.20. The third-order valence-electron chi connectivity index (χ3n) is 8.62. The van der Waals surface area contributed by atoms with Crippen molar-refractivity contribution in [1.29, 1.82) is 0 Å². The molecule has 3 saturated heterocycles. The number of alkyl halides is 2. The van der Waals surface area contributed by atoms with Gasteiger partial charge in [0.15, 0.2) is 0 Å². The molecule has 0 spiro atoms. The highest BCUT2D eigenvalue weighted by atomic mass is 19.3. The molecule has 1 aromatic carbocycles. The van der Waals surface area contributed by atoms with Gasteiger partial charge in [-0.25, -0.2) is 18.0 Å². The molecule has 3 heterocycles. The highest BCUT2D eigenvalue weighted by Crippen LogP contribution is 2.38. The standard InChI is InChI=1S/C26H38F3N5O/c1-18(2)31-9-11-32(12-10-31)23-7-4-8-26(28,29)24(23)30-25(35)34-16-19-14-33(15-20(19)17-34)22-6-3-5-21(27)13-22/h3,5-6,13,18-20,23-24H,4,7-12,14-17H2,1-2H3,(H,30,35)/t19?,20?,23-,24+/m0/s1. The van der Waals surface area contributed by atoms with Crippen LogP contribution in [0.1, 0.15) is 33.1 Å². The Kier molecular flexibility index (Phi) is 6.92. The Labute approximate surface area is 206 Å². The van der Waals surface area contributed by atoms with Crippen molar-refractivity contribution in [2.24, 2.45) is 11.8 Å². The first-order valence-electron chi connectivity index (χ1n) is 13.1. The molecule has 2 amide bonds. The number of piperazine rings is 1. The number of nitrogens with one attached hydrogen (secondary N) is 1. The first-order valence-corrected chi connectivity index (χ1v) is 13.1. The Morgan fingerprint density at radius 2 is 1.74 bits per heavy atom. The van der Waals surface area contributed by atoms with Gasteiger partial charge in [0.2, 0.25) is 0 Å². The fraction of sp³-hybridized carbons (Fsp3) is 0.731. The van der Waals surface area contributed by atoms with Crippen LogP contribution in [0.5, 0.6) is 0 Å². The van der Waals surface area contributed by atoms with Crippen molar-refractivity contribution in [3.05, 3.63) is 30.1 Å². The predicted molar refractivity (Wildman–Crippen MR) is 130 cm³/mol. The van der Waals surface area contributed by atoms with Crippen molar-refractivity contribution in [1.82, 2.24) is 20.0 Å². The molecule has 6 nitrogen and oxygen atoms in total. The van der Waals surface area contributed by atoms with Gasteiger partial charge in [0.1, 0.15) is 11.9 Å². The maximum Gasteiger partial charge on any atom is 0.317 e. The van der Waals surface area contributed by atoms with Crippen LogP contribution in [0.25, 0.3) is 0 Å². The van der Waals surface area contributed by atoms with Crippen LogP contribution in [0, 0.1) is 17.7 Å². The summed E-state index contributed by atoms with van der Waals surface area (Å²) in [5.41, 5.74) is 0.859. The Bertz CT molecular complexity index is 893. The number of carbonyl (C=O) groups excluding carboxylic acids is 1. The molecule has 9 heteroatoms. The van der Waals surface area contributed by atoms with Gasteiger partial charge in [-0.3, -0.25) is 9.80 Å². The minimum absolute atomic E-state index is 0.172. The average Bonchev–Trinajstić information content (AvgIpc) is 3.40. The van der Waals surface area contributed by atoms with Crippen molar-refractivity contribution < 1.29 is 18.0 Å². The van der Waals surface area contributed by atoms with Crippen LogP contribution in [0.15, 0.2) is 24.3 Å². The Hall–Kier alpha value is -2.00. The van der Waals surface area contributed by atoms with E-state index >= 15 is 8.78 Å². The predicted octanol–water partition coefficient (Wildman–Crippen LogP) is 3.49. The highest BCUT2D eigenvalue weighted by molar-refractivity contribution is 5.75. The number of rotatable bonds is 4. The second-order valence-electron chi connectivity index (χ2n) is 11.1. The number of halogens is 3. The van der Waals surface area contributed by atoms with Gasteiger partial charge in [0.05, 0.1) is 0 Å². The van der Waals surface area contributed by atoms with Crippen molar-refractivity contribution in [2.45, 2.75) is 57.2 Å². The maximum absolute atomic E-state index is 15.1. The van der Waals surface area contributed by atoms with E-state index in [9.17, 15) is 9.18 Å². The van der Waals surface area contributed by atoms with Crippen LogP contribution in [-0.2, 0) is 0 Å². The zero-order valence-electron chi connectivity index (χ0n) is 20.8. The van der Waals surface area contributed by atoms with Crippen LogP contribution in [-0.4, -0.2) is 97.1 Å². The molecule has 1 N–H and O–H groups in total. The van der Waals surface area contributed by atoms with Crippen LogP contribution >= 0.6 is 0 Å². The van der Waals surface area contributed by atoms with E-state index in [1.165, 1.54) is 12.1 Å². The fourth-order valence-electron chi connectivity index (χ4n) is 6.60. The maximum atomic E-state index is 15.1. The lowest BCUT2D eigenvalue weighted by Crippen LogP contribution is -2.65. The summed E-state index contributed by atoms with van der Waals surface area (Å²) < 4.78 is 43.9. The zero-order chi connectivity index (χ0) is 24.7. The molecule has 4 aliphatic rings. The van der Waals surface area contributed by atoms with Gasteiger partial charge in [-0.2, -0.15) is 0 Å². The van der Waals surface area contributed by atoms with E-state index in [1.54, 1.807) is 11.0 Å². The van der Waals surface area contributed by atoms with E-state index in [-0.39, 0.29) is 36.1 Å². The number of hydrogen-bond acceptors (Lipinski definition) is 4. The van der Waals surface area contributed by atoms with Gasteiger partial charge in [-0.1, -0.05) is 6.07 Å². The number of amides is 2. The summed E-state index contributed by atoms with van der Waals surface area (Å²) in [5, 5.41) is 2.79. The minimum Gasteiger partial charge on any atom is -0.371 e. The van der Waals surface area contributed by atoms with Crippen molar-refractivity contribution in [3.63, 3.8) is 0 Å². The summed E-state index contributed by atoms with van der Waals surface area (Å²) in [7, 11) is 0. The third kappa shape index (κ3) is 5.12. The number of likely N-dealkylation sites (tertiary alicyclic amines) is 1. The number of carbonyl (C=O) groups is 1. The highest BCUT2D eigenvalue weighted by Gasteiger charge is 2.51. The van der Waals surface area contributed by atoms with E-state index in [2.05, 4.69) is 33.9 Å². The van der Waals surface area contributed by atoms with Gasteiger partial charge in [0.25, 0.3) is 5.92 Å². The molecule has 0 aromatic heterocycles. The molecule has 5 rings (SSSR count). The quantitative estimate of drug-likeness (QED) is 0.698. The summed E-state index contributed by atoms with van der Waals surface area (Å²) in [6.07, 6.45) is 1.00. The monoisotopic (exact) mass is 493 g/mol. The Morgan fingerprint density at radius 1 is 1.06 bits per heavy atom. The molecular formula is C26H38F3N5O. The molecule has 4 fully saturated rings. The van der Waals surface area contributed by atoms with E-state index in [0.717, 1.165) is 45.0 Å². The molecule has 3 aliphatic heterocycles. The molecule has 35 heavy (non-hydrogen) atoms. The van der Waals surface area contributed by atoms with Crippen LogP contribution in [0.3, 0.4) is 0 Å². The van der Waals surface area contributed by atoms with E-state index < -0.39 is 12.0 Å². The molecular weight excluding hydrogens is 455 g/mol. The number of urea groups is 1. The van der Waals surface area contributed by atoms with E-state index in [0.29, 0.717) is 32.0 Å². The molecule has 2 unspecified atom stereocenters. The van der Waals surface area contributed by atoms with E-state index in [4.69, 9.17) is 0 Å². The fourth-order valence-corrected chi connectivity index (χ4v) is 6.60. The van der Waals surface area contributed by atoms with Gasteiger partial charge in [-0.15, -0.1) is 0 Å². The first kappa shape index (κ1) is 24.7. The molecule has 4 atom stereocenters. The summed E-state index contributed by atoms with van der Waals surface area (Å²) in [6, 6.07) is 5.19. The molecule has 194 valence electrons. The lowest BCUT2D eigenvalue weighted by molar-refractivity contribution is -0.0971. The molecule has 0 bridgehead atoms. The van der Waals surface area contributed by atoms with Gasteiger partial charge in [0, 0.05) is 88.4 Å². The lowest BCUT2D eigenvalue weighted by atomic mass is 9.85. The topological polar surface area (TPSA) is 42.1 Å². The Morgan fingerprint density at radius 3 is 2.37 bits per heavy atom. The van der Waals surface area contributed by atoms with Crippen molar-refractivity contribution in [2.75, 3.05) is 57.3 Å². The number of benzene rings is 1. The smallest absolute Gasteiger partial charge is 0.317 e. The van der Waals surface area contributed by atoms with Crippen molar-refractivity contribution >= 4 is 11.7 Å². The second kappa shape index (κ2) is 9.81. The zero-order valence-corrected chi connectivity index (χ0v) is 20.8. The first-order chi connectivity index (χ1) is 16.7. The van der Waals surface area contributed by atoms with E-state index in [1.807, 2.05) is 6.07 Å². The van der Waals surface area contributed by atoms with Gasteiger partial charge >= 0.3 is 6.03 Å². The van der Waals surface area contributed by atoms with Crippen molar-refractivity contribution in [3.8, 4) is 0 Å². The number of fused-ring (bicyclic) bond motifs is 1. The third-order valence-corrected chi connectivity index (χ3v) is 8.62. The van der Waals surface area contributed by atoms with Crippen LogP contribution < -0.4 is 10.2 Å². The lowest BCUT2D eigenvalue weighted by Gasteiger charge is -2.47. The molecule has 1 aliphatic carbocycles.